The van der Waals surface area contributed by atoms with Gasteiger partial charge in [0.2, 0.25) is 11.6 Å². The van der Waals surface area contributed by atoms with Crippen molar-refractivity contribution in [2.75, 3.05) is 0 Å². The van der Waals surface area contributed by atoms with Crippen LogP contribution < -0.4 is 0 Å². The smallest absolute Gasteiger partial charge is 0.234 e. The number of hydrogen-bond acceptors (Lipinski definition) is 2. The second kappa shape index (κ2) is 5.59. The summed E-state index contributed by atoms with van der Waals surface area (Å²) in [6.45, 7) is 0. The lowest BCUT2D eigenvalue weighted by atomic mass is 10.0. The number of carbonyl (C=O) groups is 2. The topological polar surface area (TPSA) is 34.1 Å². The van der Waals surface area contributed by atoms with Crippen LogP contribution in [0.4, 0.5) is 0 Å². The molecule has 0 aliphatic carbocycles. The minimum absolute atomic E-state index is 0.380. The van der Waals surface area contributed by atoms with Gasteiger partial charge in [-0.05, 0) is 36.4 Å². The molecular weight excluding hydrogens is 360 g/mol. The summed E-state index contributed by atoms with van der Waals surface area (Å²) in [5.74, 6) is -1.01. The lowest BCUT2D eigenvalue weighted by Crippen LogP contribution is -2.14. The first-order chi connectivity index (χ1) is 8.59. The lowest BCUT2D eigenvalue weighted by Gasteiger charge is -2.03. The molecule has 0 spiro atoms. The van der Waals surface area contributed by atoms with Gasteiger partial charge in [0.05, 0.1) is 0 Å². The van der Waals surface area contributed by atoms with Gasteiger partial charge in [0.1, 0.15) is 0 Å². The molecule has 2 aromatic carbocycles. The van der Waals surface area contributed by atoms with Gasteiger partial charge in [0.25, 0.3) is 0 Å². The normalized spacial score (nSPS) is 10.1. The van der Waals surface area contributed by atoms with Gasteiger partial charge in [0, 0.05) is 20.1 Å². The highest BCUT2D eigenvalue weighted by atomic mass is 79.9. The minimum atomic E-state index is -0.509. The molecule has 0 saturated carbocycles. The summed E-state index contributed by atoms with van der Waals surface area (Å²) < 4.78 is 1.49. The van der Waals surface area contributed by atoms with Crippen molar-refractivity contribution in [2.24, 2.45) is 0 Å². The molecule has 0 radical (unpaired) electrons. The second-order valence-corrected chi connectivity index (χ2v) is 5.42. The van der Waals surface area contributed by atoms with Crippen LogP contribution in [0.25, 0.3) is 0 Å². The standard InChI is InChI=1S/C14H8Br2O2/c15-10-7-5-9(6-8-10)13(17)14(18)11-3-1-2-4-12(11)16/h1-8H. The average molecular weight is 368 g/mol. The van der Waals surface area contributed by atoms with E-state index in [-0.39, 0.29) is 0 Å². The third kappa shape index (κ3) is 2.76. The average Bonchev–Trinajstić information content (AvgIpc) is 2.38. The highest BCUT2D eigenvalue weighted by Gasteiger charge is 2.19. The fourth-order valence-corrected chi connectivity index (χ4v) is 2.23. The minimum Gasteiger partial charge on any atom is -0.285 e. The number of hydrogen-bond donors (Lipinski definition) is 0. The summed E-state index contributed by atoms with van der Waals surface area (Å²) in [6.07, 6.45) is 0. The number of carbonyl (C=O) groups excluding carboxylic acids is 2. The van der Waals surface area contributed by atoms with Crippen LogP contribution in [0.15, 0.2) is 57.5 Å². The SMILES string of the molecule is O=C(C(=O)c1ccccc1Br)c1ccc(Br)cc1. The number of rotatable bonds is 3. The van der Waals surface area contributed by atoms with E-state index in [0.717, 1.165) is 4.47 Å². The summed E-state index contributed by atoms with van der Waals surface area (Å²) in [5, 5.41) is 0. The number of Topliss-reactive ketones (excluding diaryl/α,β-unsaturated/α-hetero) is 2. The summed E-state index contributed by atoms with van der Waals surface area (Å²) in [7, 11) is 0. The Labute approximate surface area is 121 Å². The lowest BCUT2D eigenvalue weighted by molar-refractivity contribution is 0.0816. The zero-order chi connectivity index (χ0) is 13.1. The van der Waals surface area contributed by atoms with Gasteiger partial charge in [-0.2, -0.15) is 0 Å². The molecule has 2 rings (SSSR count). The molecule has 0 aliphatic heterocycles. The summed E-state index contributed by atoms with van der Waals surface area (Å²) in [4.78, 5) is 24.1. The molecule has 0 aliphatic rings. The van der Waals surface area contributed by atoms with E-state index in [2.05, 4.69) is 31.9 Å². The van der Waals surface area contributed by atoms with Crippen molar-refractivity contribution in [3.05, 3.63) is 68.6 Å². The molecular formula is C14H8Br2O2. The van der Waals surface area contributed by atoms with Crippen molar-refractivity contribution in [2.45, 2.75) is 0 Å². The van der Waals surface area contributed by atoms with Crippen LogP contribution >= 0.6 is 31.9 Å². The first-order valence-corrected chi connectivity index (χ1v) is 6.77. The Morgan fingerprint density at radius 2 is 1.39 bits per heavy atom. The molecule has 0 N–H and O–H groups in total. The highest BCUT2D eigenvalue weighted by molar-refractivity contribution is 9.10. The Morgan fingerprint density at radius 3 is 2.00 bits per heavy atom. The molecule has 0 heterocycles. The van der Waals surface area contributed by atoms with Crippen LogP contribution in [-0.2, 0) is 0 Å². The van der Waals surface area contributed by atoms with Crippen LogP contribution in [0.2, 0.25) is 0 Å². The van der Waals surface area contributed by atoms with Crippen LogP contribution in [0, 0.1) is 0 Å². The fourth-order valence-electron chi connectivity index (χ4n) is 1.50. The third-order valence-electron chi connectivity index (χ3n) is 2.43. The zero-order valence-electron chi connectivity index (χ0n) is 9.19. The quantitative estimate of drug-likeness (QED) is 0.599. The Morgan fingerprint density at radius 1 is 0.778 bits per heavy atom. The van der Waals surface area contributed by atoms with Gasteiger partial charge < -0.3 is 0 Å². The summed E-state index contributed by atoms with van der Waals surface area (Å²) >= 11 is 6.55. The second-order valence-electron chi connectivity index (χ2n) is 3.64. The number of halogens is 2. The van der Waals surface area contributed by atoms with Crippen LogP contribution in [0.3, 0.4) is 0 Å². The Balaban J connectivity index is 2.33. The Bertz CT molecular complexity index is 603. The van der Waals surface area contributed by atoms with Gasteiger partial charge in [0.15, 0.2) is 0 Å². The summed E-state index contributed by atoms with van der Waals surface area (Å²) in [5.41, 5.74) is 0.768. The fraction of sp³-hybridized carbons (Fsp3) is 0. The Kier molecular flexibility index (Phi) is 4.09. The van der Waals surface area contributed by atoms with Crippen molar-refractivity contribution in [3.8, 4) is 0 Å². The van der Waals surface area contributed by atoms with Crippen molar-refractivity contribution in [1.82, 2.24) is 0 Å². The molecule has 0 amide bonds. The van der Waals surface area contributed by atoms with Gasteiger partial charge in [-0.15, -0.1) is 0 Å². The molecule has 0 fully saturated rings. The maximum absolute atomic E-state index is 12.1. The maximum atomic E-state index is 12.1. The van der Waals surface area contributed by atoms with E-state index in [1.165, 1.54) is 0 Å². The van der Waals surface area contributed by atoms with Gasteiger partial charge in [-0.3, -0.25) is 9.59 Å². The maximum Gasteiger partial charge on any atom is 0.234 e. The van der Waals surface area contributed by atoms with E-state index in [1.54, 1.807) is 48.5 Å². The monoisotopic (exact) mass is 366 g/mol. The number of ketones is 2. The predicted molar refractivity (Wildman–Crippen MR) is 76.9 cm³/mol. The molecule has 0 atom stereocenters. The molecule has 2 nitrogen and oxygen atoms in total. The van der Waals surface area contributed by atoms with E-state index >= 15 is 0 Å². The molecule has 0 aromatic heterocycles. The highest BCUT2D eigenvalue weighted by Crippen LogP contribution is 2.19. The number of benzene rings is 2. The van der Waals surface area contributed by atoms with Crippen molar-refractivity contribution >= 4 is 43.4 Å². The van der Waals surface area contributed by atoms with E-state index in [0.29, 0.717) is 15.6 Å². The van der Waals surface area contributed by atoms with Gasteiger partial charge in [-0.25, -0.2) is 0 Å². The van der Waals surface area contributed by atoms with E-state index in [4.69, 9.17) is 0 Å². The molecule has 0 saturated heterocycles. The molecule has 18 heavy (non-hydrogen) atoms. The van der Waals surface area contributed by atoms with Gasteiger partial charge in [-0.1, -0.05) is 44.0 Å². The van der Waals surface area contributed by atoms with Crippen LogP contribution in [-0.4, -0.2) is 11.6 Å². The van der Waals surface area contributed by atoms with Crippen LogP contribution in [0.5, 0.6) is 0 Å². The van der Waals surface area contributed by atoms with E-state index in [1.807, 2.05) is 0 Å². The predicted octanol–water partition coefficient (Wildman–Crippen LogP) is 4.28. The summed E-state index contributed by atoms with van der Waals surface area (Å²) in [6, 6.07) is 13.6. The van der Waals surface area contributed by atoms with E-state index < -0.39 is 11.6 Å². The van der Waals surface area contributed by atoms with Crippen molar-refractivity contribution in [1.29, 1.82) is 0 Å². The van der Waals surface area contributed by atoms with Crippen molar-refractivity contribution in [3.63, 3.8) is 0 Å². The molecule has 90 valence electrons. The molecule has 0 unspecified atom stereocenters. The first kappa shape index (κ1) is 13.2. The van der Waals surface area contributed by atoms with Gasteiger partial charge >= 0.3 is 0 Å². The zero-order valence-corrected chi connectivity index (χ0v) is 12.4. The van der Waals surface area contributed by atoms with E-state index in [9.17, 15) is 9.59 Å². The van der Waals surface area contributed by atoms with Crippen LogP contribution in [0.1, 0.15) is 20.7 Å². The van der Waals surface area contributed by atoms with Crippen molar-refractivity contribution < 1.29 is 9.59 Å². The first-order valence-electron chi connectivity index (χ1n) is 5.18. The largest absolute Gasteiger partial charge is 0.285 e. The third-order valence-corrected chi connectivity index (χ3v) is 3.65. The Hall–Kier alpha value is -1.26. The molecule has 0 bridgehead atoms. The molecule has 2 aromatic rings. The molecule has 4 heteroatoms.